The average Bonchev–Trinajstić information content (AvgIpc) is 3.21. The Hall–Kier alpha value is -3.23. The molecule has 0 atom stereocenters. The van der Waals surface area contributed by atoms with Gasteiger partial charge in [0.2, 0.25) is 0 Å². The molecular formula is C23H18FN3O2S2. The lowest BCUT2D eigenvalue weighted by atomic mass is 10.2. The largest absolute Gasteiger partial charge is 0.489 e. The van der Waals surface area contributed by atoms with Crippen molar-refractivity contribution in [3.63, 3.8) is 0 Å². The van der Waals surface area contributed by atoms with E-state index in [1.54, 1.807) is 41.7 Å². The molecule has 1 heterocycles. The molecule has 1 N–H and O–H groups in total. The predicted molar refractivity (Wildman–Crippen MR) is 123 cm³/mol. The van der Waals surface area contributed by atoms with E-state index in [4.69, 9.17) is 4.74 Å². The van der Waals surface area contributed by atoms with Crippen molar-refractivity contribution in [3.05, 3.63) is 89.7 Å². The molecule has 0 fully saturated rings. The molecule has 8 heteroatoms. The number of halogens is 1. The maximum Gasteiger partial charge on any atom is 0.250 e. The Morgan fingerprint density at radius 2 is 1.97 bits per heavy atom. The van der Waals surface area contributed by atoms with Gasteiger partial charge in [-0.3, -0.25) is 4.79 Å². The fourth-order valence-electron chi connectivity index (χ4n) is 2.71. The van der Waals surface area contributed by atoms with E-state index in [1.807, 2.05) is 36.4 Å². The van der Waals surface area contributed by atoms with Crippen LogP contribution < -0.4 is 10.2 Å². The first kappa shape index (κ1) is 21.0. The molecule has 1 aromatic heterocycles. The van der Waals surface area contributed by atoms with E-state index in [1.165, 1.54) is 24.0 Å². The number of carbonyl (C=O) groups excluding carboxylic acids is 1. The second-order valence-corrected chi connectivity index (χ2v) is 8.74. The molecule has 0 radical (unpaired) electrons. The highest BCUT2D eigenvalue weighted by molar-refractivity contribution is 8.01. The Bertz CT molecular complexity index is 1190. The highest BCUT2D eigenvalue weighted by Crippen LogP contribution is 2.29. The van der Waals surface area contributed by atoms with Crippen LogP contribution >= 0.6 is 23.1 Å². The van der Waals surface area contributed by atoms with Crippen LogP contribution in [0, 0.1) is 5.82 Å². The summed E-state index contributed by atoms with van der Waals surface area (Å²) in [7, 11) is 0. The van der Waals surface area contributed by atoms with Crippen LogP contribution in [0.15, 0.2) is 82.2 Å². The number of para-hydroxylation sites is 1. The van der Waals surface area contributed by atoms with E-state index in [-0.39, 0.29) is 24.1 Å². The molecule has 0 saturated heterocycles. The summed E-state index contributed by atoms with van der Waals surface area (Å²) in [4.78, 5) is 16.5. The normalized spacial score (nSPS) is 11.1. The number of fused-ring (bicyclic) bond motifs is 1. The van der Waals surface area contributed by atoms with Gasteiger partial charge in [0.05, 0.1) is 22.2 Å². The Morgan fingerprint density at radius 1 is 1.13 bits per heavy atom. The number of hydrogen-bond donors (Lipinski definition) is 1. The zero-order valence-corrected chi connectivity index (χ0v) is 18.0. The van der Waals surface area contributed by atoms with Gasteiger partial charge in [0, 0.05) is 5.56 Å². The molecule has 4 rings (SSSR count). The molecule has 0 aliphatic heterocycles. The van der Waals surface area contributed by atoms with Gasteiger partial charge in [-0.05, 0) is 35.9 Å². The van der Waals surface area contributed by atoms with Gasteiger partial charge in [-0.1, -0.05) is 54.2 Å². The Morgan fingerprint density at radius 3 is 2.84 bits per heavy atom. The molecule has 0 aliphatic rings. The summed E-state index contributed by atoms with van der Waals surface area (Å²) >= 11 is 2.94. The molecule has 5 nitrogen and oxygen atoms in total. The number of nitrogens with zero attached hydrogens (tertiary/aromatic N) is 2. The monoisotopic (exact) mass is 451 g/mol. The van der Waals surface area contributed by atoms with Crippen molar-refractivity contribution in [2.75, 3.05) is 5.75 Å². The van der Waals surface area contributed by atoms with Crippen molar-refractivity contribution in [1.82, 2.24) is 10.4 Å². The minimum atomic E-state index is -0.299. The third-order valence-electron chi connectivity index (χ3n) is 4.21. The number of thiazole rings is 1. The molecular weight excluding hydrogens is 433 g/mol. The van der Waals surface area contributed by atoms with Crippen molar-refractivity contribution < 1.29 is 13.9 Å². The molecule has 31 heavy (non-hydrogen) atoms. The molecule has 0 spiro atoms. The zero-order valence-electron chi connectivity index (χ0n) is 16.3. The maximum atomic E-state index is 13.7. The van der Waals surface area contributed by atoms with Crippen molar-refractivity contribution in [2.24, 2.45) is 5.10 Å². The first-order valence-electron chi connectivity index (χ1n) is 9.44. The number of benzene rings is 3. The van der Waals surface area contributed by atoms with E-state index >= 15 is 0 Å². The highest BCUT2D eigenvalue weighted by atomic mass is 32.2. The quantitative estimate of drug-likeness (QED) is 0.226. The summed E-state index contributed by atoms with van der Waals surface area (Å²) in [6.45, 7) is 0.132. The van der Waals surface area contributed by atoms with Gasteiger partial charge < -0.3 is 4.74 Å². The van der Waals surface area contributed by atoms with Crippen molar-refractivity contribution >= 4 is 45.4 Å². The average molecular weight is 452 g/mol. The van der Waals surface area contributed by atoms with E-state index in [9.17, 15) is 9.18 Å². The van der Waals surface area contributed by atoms with E-state index in [0.29, 0.717) is 11.3 Å². The fraction of sp³-hybridized carbons (Fsp3) is 0.0870. The molecule has 1 amide bonds. The van der Waals surface area contributed by atoms with Crippen LogP contribution in [0.5, 0.6) is 5.75 Å². The van der Waals surface area contributed by atoms with E-state index < -0.39 is 0 Å². The van der Waals surface area contributed by atoms with Gasteiger partial charge in [0.15, 0.2) is 4.34 Å². The molecule has 4 aromatic rings. The number of amides is 1. The van der Waals surface area contributed by atoms with Gasteiger partial charge in [0.1, 0.15) is 18.2 Å². The van der Waals surface area contributed by atoms with E-state index in [0.717, 1.165) is 20.1 Å². The third kappa shape index (κ3) is 5.90. The first-order chi connectivity index (χ1) is 15.2. The standard InChI is InChI=1S/C23H18FN3O2S2/c24-19-9-2-1-7-17(19)14-29-18-8-5-6-16(12-18)13-25-27-22(28)15-30-23-26-20-10-3-4-11-21(20)31-23/h1-13H,14-15H2,(H,27,28)/b25-13+. The van der Waals surface area contributed by atoms with Gasteiger partial charge in [-0.15, -0.1) is 11.3 Å². The lowest BCUT2D eigenvalue weighted by molar-refractivity contribution is -0.118. The fourth-order valence-corrected chi connectivity index (χ4v) is 4.57. The second-order valence-electron chi connectivity index (χ2n) is 6.48. The molecule has 3 aromatic carbocycles. The third-order valence-corrected chi connectivity index (χ3v) is 6.39. The van der Waals surface area contributed by atoms with Crippen LogP contribution in [0.2, 0.25) is 0 Å². The number of hydrogen-bond acceptors (Lipinski definition) is 6. The summed E-state index contributed by atoms with van der Waals surface area (Å²) in [6.07, 6.45) is 1.54. The molecule has 156 valence electrons. The van der Waals surface area contributed by atoms with E-state index in [2.05, 4.69) is 15.5 Å². The number of thioether (sulfide) groups is 1. The van der Waals surface area contributed by atoms with Gasteiger partial charge in [0.25, 0.3) is 5.91 Å². The van der Waals surface area contributed by atoms with Crippen molar-refractivity contribution in [2.45, 2.75) is 10.9 Å². The van der Waals surface area contributed by atoms with Crippen LogP contribution in [0.4, 0.5) is 4.39 Å². The number of ether oxygens (including phenoxy) is 1. The number of aromatic nitrogens is 1. The Labute approximate surface area is 187 Å². The zero-order chi connectivity index (χ0) is 21.5. The summed E-state index contributed by atoms with van der Waals surface area (Å²) in [5.74, 6) is 0.298. The minimum Gasteiger partial charge on any atom is -0.489 e. The predicted octanol–water partition coefficient (Wildman–Crippen LogP) is 5.26. The maximum absolute atomic E-state index is 13.7. The second kappa shape index (κ2) is 10.2. The number of nitrogens with one attached hydrogen (secondary N) is 1. The highest BCUT2D eigenvalue weighted by Gasteiger charge is 2.07. The van der Waals surface area contributed by atoms with Gasteiger partial charge in [-0.25, -0.2) is 14.8 Å². The molecule has 0 unspecified atom stereocenters. The first-order valence-corrected chi connectivity index (χ1v) is 11.2. The summed E-state index contributed by atoms with van der Waals surface area (Å²) in [5, 5.41) is 4.00. The lowest BCUT2D eigenvalue weighted by Gasteiger charge is -2.07. The molecule has 0 saturated carbocycles. The molecule has 0 aliphatic carbocycles. The van der Waals surface area contributed by atoms with Crippen LogP contribution in [-0.2, 0) is 11.4 Å². The smallest absolute Gasteiger partial charge is 0.250 e. The van der Waals surface area contributed by atoms with Crippen LogP contribution in [0.3, 0.4) is 0 Å². The lowest BCUT2D eigenvalue weighted by Crippen LogP contribution is -2.19. The van der Waals surface area contributed by atoms with Crippen LogP contribution in [0.25, 0.3) is 10.2 Å². The molecule has 0 bridgehead atoms. The summed E-state index contributed by atoms with van der Waals surface area (Å²) in [6, 6.07) is 21.6. The Balaban J connectivity index is 1.26. The SMILES string of the molecule is O=C(CSc1nc2ccccc2s1)N/N=C/c1cccc(OCc2ccccc2F)c1. The topological polar surface area (TPSA) is 63.6 Å². The number of rotatable bonds is 8. The van der Waals surface area contributed by atoms with Crippen molar-refractivity contribution in [3.8, 4) is 5.75 Å². The Kier molecular flexibility index (Phi) is 6.91. The summed E-state index contributed by atoms with van der Waals surface area (Å²) < 4.78 is 21.3. The van der Waals surface area contributed by atoms with Crippen molar-refractivity contribution in [1.29, 1.82) is 0 Å². The van der Waals surface area contributed by atoms with Crippen LogP contribution in [0.1, 0.15) is 11.1 Å². The van der Waals surface area contributed by atoms with Gasteiger partial charge >= 0.3 is 0 Å². The summed E-state index contributed by atoms with van der Waals surface area (Å²) in [5.41, 5.74) is 4.69. The number of carbonyl (C=O) groups is 1. The van der Waals surface area contributed by atoms with Crippen LogP contribution in [-0.4, -0.2) is 22.9 Å². The van der Waals surface area contributed by atoms with Gasteiger partial charge in [-0.2, -0.15) is 5.10 Å². The minimum absolute atomic E-state index is 0.132. The number of hydrazone groups is 1.